The van der Waals surface area contributed by atoms with Crippen molar-refractivity contribution < 1.29 is 4.79 Å². The lowest BCUT2D eigenvalue weighted by molar-refractivity contribution is 0.0782. The van der Waals surface area contributed by atoms with Crippen molar-refractivity contribution in [2.24, 2.45) is 0 Å². The van der Waals surface area contributed by atoms with Crippen LogP contribution in [0.3, 0.4) is 0 Å². The summed E-state index contributed by atoms with van der Waals surface area (Å²) in [6, 6.07) is 11.4. The smallest absolute Gasteiger partial charge is 0.275 e. The van der Waals surface area contributed by atoms with Crippen molar-refractivity contribution in [3.63, 3.8) is 0 Å². The van der Waals surface area contributed by atoms with Gasteiger partial charge in [0.25, 0.3) is 5.91 Å². The summed E-state index contributed by atoms with van der Waals surface area (Å²) in [6.45, 7) is 0.525. The van der Waals surface area contributed by atoms with Crippen molar-refractivity contribution in [2.75, 3.05) is 7.05 Å². The van der Waals surface area contributed by atoms with Gasteiger partial charge in [0.2, 0.25) is 0 Å². The van der Waals surface area contributed by atoms with Crippen LogP contribution in [-0.4, -0.2) is 28.1 Å². The number of halogens is 1. The van der Waals surface area contributed by atoms with E-state index in [0.29, 0.717) is 12.2 Å². The summed E-state index contributed by atoms with van der Waals surface area (Å²) in [6.07, 6.45) is 0. The summed E-state index contributed by atoms with van der Waals surface area (Å²) in [7, 11) is 1.76. The van der Waals surface area contributed by atoms with E-state index in [1.54, 1.807) is 11.9 Å². The number of para-hydroxylation sites is 1. The number of amides is 1. The van der Waals surface area contributed by atoms with Crippen molar-refractivity contribution in [1.82, 2.24) is 15.1 Å². The molecule has 0 aliphatic carbocycles. The number of carbonyl (C=O) groups excluding carboxylic acids is 1. The summed E-state index contributed by atoms with van der Waals surface area (Å²) in [5.41, 5.74) is 1.31. The number of hydrogen-bond acceptors (Lipinski definition) is 3. The van der Waals surface area contributed by atoms with Gasteiger partial charge in [0, 0.05) is 17.3 Å². The molecule has 0 aliphatic rings. The first-order valence-corrected chi connectivity index (χ1v) is 7.27. The third kappa shape index (κ3) is 2.42. The molecular formula is C14H12ClN3OS. The zero-order chi connectivity index (χ0) is 14.1. The van der Waals surface area contributed by atoms with Crippen LogP contribution in [0.25, 0.3) is 10.9 Å². The zero-order valence-electron chi connectivity index (χ0n) is 10.8. The molecule has 0 spiro atoms. The largest absolute Gasteiger partial charge is 0.335 e. The molecule has 0 bridgehead atoms. The van der Waals surface area contributed by atoms with Crippen LogP contribution in [0.15, 0.2) is 36.4 Å². The minimum atomic E-state index is -0.105. The molecule has 102 valence electrons. The van der Waals surface area contributed by atoms with Crippen LogP contribution in [0, 0.1) is 0 Å². The number of nitrogens with zero attached hydrogens (tertiary/aromatic N) is 2. The minimum absolute atomic E-state index is 0.105. The summed E-state index contributed by atoms with van der Waals surface area (Å²) in [5, 5.41) is 7.84. The predicted octanol–water partition coefficient (Wildman–Crippen LogP) is 3.55. The minimum Gasteiger partial charge on any atom is -0.335 e. The second-order valence-electron chi connectivity index (χ2n) is 4.48. The fourth-order valence-electron chi connectivity index (χ4n) is 2.05. The molecule has 0 atom stereocenters. The Labute approximate surface area is 125 Å². The fraction of sp³-hybridized carbons (Fsp3) is 0.143. The molecule has 0 aliphatic heterocycles. The van der Waals surface area contributed by atoms with Crippen LogP contribution in [0.5, 0.6) is 0 Å². The first kappa shape index (κ1) is 13.1. The van der Waals surface area contributed by atoms with Crippen LogP contribution >= 0.6 is 22.9 Å². The molecule has 0 radical (unpaired) electrons. The van der Waals surface area contributed by atoms with Gasteiger partial charge in [0.1, 0.15) is 0 Å². The molecular weight excluding hydrogens is 294 g/mol. The Balaban J connectivity index is 1.84. The van der Waals surface area contributed by atoms with E-state index in [2.05, 4.69) is 10.2 Å². The summed E-state index contributed by atoms with van der Waals surface area (Å²) in [4.78, 5) is 15.1. The van der Waals surface area contributed by atoms with E-state index in [1.807, 2.05) is 36.4 Å². The monoisotopic (exact) mass is 305 g/mol. The molecule has 20 heavy (non-hydrogen) atoms. The molecule has 3 rings (SSSR count). The maximum Gasteiger partial charge on any atom is 0.275 e. The third-order valence-electron chi connectivity index (χ3n) is 3.04. The number of aromatic nitrogens is 2. The number of carbonyl (C=O) groups is 1. The standard InChI is InChI=1S/C14H12ClN3OS/c1-18(8-9-6-7-12(15)20-9)14(19)13-10-4-2-3-5-11(10)16-17-13/h2-7H,8H2,1H3,(H,16,17). The van der Waals surface area contributed by atoms with Crippen LogP contribution in [0.1, 0.15) is 15.4 Å². The molecule has 1 N–H and O–H groups in total. The first-order valence-electron chi connectivity index (χ1n) is 6.08. The van der Waals surface area contributed by atoms with Gasteiger partial charge in [-0.1, -0.05) is 29.8 Å². The molecule has 1 amide bonds. The van der Waals surface area contributed by atoms with E-state index >= 15 is 0 Å². The normalized spacial score (nSPS) is 10.9. The summed E-state index contributed by atoms with van der Waals surface area (Å²) < 4.78 is 0.728. The van der Waals surface area contributed by atoms with Crippen LogP contribution in [-0.2, 0) is 6.54 Å². The van der Waals surface area contributed by atoms with Crippen LogP contribution in [0.2, 0.25) is 4.34 Å². The van der Waals surface area contributed by atoms with Gasteiger partial charge >= 0.3 is 0 Å². The lowest BCUT2D eigenvalue weighted by Gasteiger charge is -2.14. The third-order valence-corrected chi connectivity index (χ3v) is 4.26. The molecule has 4 nitrogen and oxygen atoms in total. The number of hydrogen-bond donors (Lipinski definition) is 1. The van der Waals surface area contributed by atoms with Crippen molar-refractivity contribution in [3.05, 3.63) is 51.3 Å². The summed E-state index contributed by atoms with van der Waals surface area (Å²) in [5.74, 6) is -0.105. The lowest BCUT2D eigenvalue weighted by Crippen LogP contribution is -2.26. The Hall–Kier alpha value is -1.85. The van der Waals surface area contributed by atoms with Crippen LogP contribution < -0.4 is 0 Å². The van der Waals surface area contributed by atoms with Gasteiger partial charge < -0.3 is 4.90 Å². The Kier molecular flexibility index (Phi) is 3.46. The molecule has 0 fully saturated rings. The molecule has 1 aromatic carbocycles. The highest BCUT2D eigenvalue weighted by Crippen LogP contribution is 2.23. The van der Waals surface area contributed by atoms with Gasteiger partial charge in [-0.15, -0.1) is 11.3 Å². The number of nitrogens with one attached hydrogen (secondary N) is 1. The Morgan fingerprint density at radius 3 is 2.90 bits per heavy atom. The van der Waals surface area contributed by atoms with Gasteiger partial charge in [0.05, 0.1) is 16.4 Å². The molecule has 0 saturated carbocycles. The topological polar surface area (TPSA) is 49.0 Å². The number of aromatic amines is 1. The SMILES string of the molecule is CN(Cc1ccc(Cl)s1)C(=O)c1n[nH]c2ccccc12. The second kappa shape index (κ2) is 5.26. The van der Waals surface area contributed by atoms with E-state index in [1.165, 1.54) is 11.3 Å². The molecule has 3 aromatic rings. The van der Waals surface area contributed by atoms with Gasteiger partial charge in [-0.3, -0.25) is 9.89 Å². The van der Waals surface area contributed by atoms with Crippen molar-refractivity contribution in [1.29, 1.82) is 0 Å². The van der Waals surface area contributed by atoms with E-state index in [-0.39, 0.29) is 5.91 Å². The number of benzene rings is 1. The quantitative estimate of drug-likeness (QED) is 0.804. The molecule has 0 saturated heterocycles. The van der Waals surface area contributed by atoms with Gasteiger partial charge in [-0.2, -0.15) is 5.10 Å². The van der Waals surface area contributed by atoms with E-state index in [0.717, 1.165) is 20.1 Å². The molecule has 2 aromatic heterocycles. The molecule has 6 heteroatoms. The van der Waals surface area contributed by atoms with Crippen molar-refractivity contribution >= 4 is 39.7 Å². The maximum absolute atomic E-state index is 12.4. The highest BCUT2D eigenvalue weighted by molar-refractivity contribution is 7.16. The van der Waals surface area contributed by atoms with Gasteiger partial charge in [-0.25, -0.2) is 0 Å². The number of rotatable bonds is 3. The van der Waals surface area contributed by atoms with E-state index in [4.69, 9.17) is 11.6 Å². The first-order chi connectivity index (χ1) is 9.65. The van der Waals surface area contributed by atoms with Crippen LogP contribution in [0.4, 0.5) is 0 Å². The van der Waals surface area contributed by atoms with Gasteiger partial charge in [-0.05, 0) is 18.2 Å². The lowest BCUT2D eigenvalue weighted by atomic mass is 10.2. The Bertz CT molecular complexity index is 764. The average molecular weight is 306 g/mol. The highest BCUT2D eigenvalue weighted by Gasteiger charge is 2.18. The Morgan fingerprint density at radius 1 is 1.35 bits per heavy atom. The number of H-pyrrole nitrogens is 1. The highest BCUT2D eigenvalue weighted by atomic mass is 35.5. The maximum atomic E-state index is 12.4. The second-order valence-corrected chi connectivity index (χ2v) is 6.28. The zero-order valence-corrected chi connectivity index (χ0v) is 12.3. The van der Waals surface area contributed by atoms with Gasteiger partial charge in [0.15, 0.2) is 5.69 Å². The Morgan fingerprint density at radius 2 is 2.15 bits per heavy atom. The van der Waals surface area contributed by atoms with Crippen molar-refractivity contribution in [2.45, 2.75) is 6.54 Å². The molecule has 0 unspecified atom stereocenters. The number of thiophene rings is 1. The summed E-state index contributed by atoms with van der Waals surface area (Å²) >= 11 is 7.38. The van der Waals surface area contributed by atoms with E-state index < -0.39 is 0 Å². The number of fused-ring (bicyclic) bond motifs is 1. The predicted molar refractivity (Wildman–Crippen MR) is 81.2 cm³/mol. The van der Waals surface area contributed by atoms with E-state index in [9.17, 15) is 4.79 Å². The average Bonchev–Trinajstić information content (AvgIpc) is 3.04. The molecule has 2 heterocycles. The van der Waals surface area contributed by atoms with Crippen molar-refractivity contribution in [3.8, 4) is 0 Å². The fourth-order valence-corrected chi connectivity index (χ4v) is 3.19.